The first-order valence-electron chi connectivity index (χ1n) is 8.17. The van der Waals surface area contributed by atoms with Crippen LogP contribution in [0, 0.1) is 0 Å². The lowest BCUT2D eigenvalue weighted by atomic mass is 9.94. The molecule has 6 heteroatoms. The van der Waals surface area contributed by atoms with Crippen molar-refractivity contribution in [2.24, 2.45) is 0 Å². The number of rotatable bonds is 0. The molecule has 136 valence electrons. The Morgan fingerprint density at radius 1 is 0.636 bits per heavy atom. The van der Waals surface area contributed by atoms with Crippen LogP contribution in [0.25, 0.3) is 0 Å². The van der Waals surface area contributed by atoms with Crippen LogP contribution in [0.4, 0.5) is 0 Å². The standard InChI is InChI=1S/C16H36N4.2H2O/c1-13-11-15(3,4)19-10-8-18-14(2)12-16(5,6)20-9-7-17-13;;/h13-14,17-20H,7-12H2,1-6H3;2*1H2. The van der Waals surface area contributed by atoms with E-state index in [4.69, 9.17) is 0 Å². The molecule has 8 N–H and O–H groups in total. The second-order valence-electron chi connectivity index (χ2n) is 7.74. The highest BCUT2D eigenvalue weighted by Crippen LogP contribution is 2.13. The Labute approximate surface area is 136 Å². The van der Waals surface area contributed by atoms with E-state index in [9.17, 15) is 0 Å². The van der Waals surface area contributed by atoms with Gasteiger partial charge in [0.2, 0.25) is 0 Å². The van der Waals surface area contributed by atoms with E-state index in [0.717, 1.165) is 39.0 Å². The summed E-state index contributed by atoms with van der Waals surface area (Å²) in [6.45, 7) is 17.8. The summed E-state index contributed by atoms with van der Waals surface area (Å²) in [5, 5.41) is 14.6. The highest BCUT2D eigenvalue weighted by Gasteiger charge is 2.22. The minimum absolute atomic E-state index is 0. The molecule has 2 atom stereocenters. The second-order valence-corrected chi connectivity index (χ2v) is 7.74. The molecule has 1 fully saturated rings. The molecule has 0 saturated carbocycles. The molecule has 0 aromatic heterocycles. The van der Waals surface area contributed by atoms with E-state index in [2.05, 4.69) is 62.8 Å². The Hall–Kier alpha value is -0.240. The quantitative estimate of drug-likeness (QED) is 0.496. The van der Waals surface area contributed by atoms with Gasteiger partial charge in [0, 0.05) is 49.3 Å². The maximum absolute atomic E-state index is 3.67. The normalized spacial score (nSPS) is 30.3. The number of hydrogen-bond donors (Lipinski definition) is 4. The molecule has 1 aliphatic rings. The first-order valence-corrected chi connectivity index (χ1v) is 8.17. The first kappa shape index (κ1) is 24.0. The number of hydrogen-bond acceptors (Lipinski definition) is 4. The molecule has 1 heterocycles. The molecule has 0 bridgehead atoms. The Balaban J connectivity index is 0. The molecule has 0 radical (unpaired) electrons. The van der Waals surface area contributed by atoms with E-state index >= 15 is 0 Å². The molecule has 0 amide bonds. The van der Waals surface area contributed by atoms with Crippen molar-refractivity contribution in [3.8, 4) is 0 Å². The maximum atomic E-state index is 3.67. The molecule has 0 spiro atoms. The Morgan fingerprint density at radius 2 is 0.955 bits per heavy atom. The fraction of sp³-hybridized carbons (Fsp3) is 1.00. The smallest absolute Gasteiger partial charge is 0.0140 e. The molecule has 0 aromatic carbocycles. The van der Waals surface area contributed by atoms with Crippen molar-refractivity contribution >= 4 is 0 Å². The average Bonchev–Trinajstić information content (AvgIpc) is 2.28. The monoisotopic (exact) mass is 320 g/mol. The van der Waals surface area contributed by atoms with E-state index in [1.165, 1.54) is 0 Å². The van der Waals surface area contributed by atoms with E-state index in [0.29, 0.717) is 12.1 Å². The third-order valence-corrected chi connectivity index (χ3v) is 4.08. The SMILES string of the molecule is CC1CC(C)(C)NCCNC(C)CC(C)(C)NCCN1.O.O. The summed E-state index contributed by atoms with van der Waals surface area (Å²) in [6.07, 6.45) is 2.29. The third-order valence-electron chi connectivity index (χ3n) is 4.08. The van der Waals surface area contributed by atoms with Gasteiger partial charge < -0.3 is 32.2 Å². The average molecular weight is 321 g/mol. The van der Waals surface area contributed by atoms with Gasteiger partial charge in [-0.3, -0.25) is 0 Å². The minimum Gasteiger partial charge on any atom is -0.412 e. The number of nitrogens with one attached hydrogen (secondary N) is 4. The predicted molar refractivity (Wildman–Crippen MR) is 95.6 cm³/mol. The maximum Gasteiger partial charge on any atom is 0.0140 e. The Kier molecular flexibility index (Phi) is 11.5. The lowest BCUT2D eigenvalue weighted by Crippen LogP contribution is -2.51. The summed E-state index contributed by atoms with van der Waals surface area (Å²) in [5.41, 5.74) is 0.377. The highest BCUT2D eigenvalue weighted by atomic mass is 16.0. The van der Waals surface area contributed by atoms with Crippen LogP contribution in [0.3, 0.4) is 0 Å². The Bertz CT molecular complexity index is 257. The molecule has 0 aromatic rings. The van der Waals surface area contributed by atoms with Crippen LogP contribution in [-0.4, -0.2) is 60.3 Å². The first-order chi connectivity index (χ1) is 9.20. The fourth-order valence-corrected chi connectivity index (χ4v) is 3.26. The summed E-state index contributed by atoms with van der Waals surface area (Å²) in [7, 11) is 0. The van der Waals surface area contributed by atoms with Crippen molar-refractivity contribution in [2.75, 3.05) is 26.2 Å². The zero-order valence-corrected chi connectivity index (χ0v) is 15.4. The van der Waals surface area contributed by atoms with Crippen molar-refractivity contribution in [2.45, 2.75) is 77.5 Å². The van der Waals surface area contributed by atoms with Crippen molar-refractivity contribution in [3.63, 3.8) is 0 Å². The van der Waals surface area contributed by atoms with Crippen molar-refractivity contribution in [3.05, 3.63) is 0 Å². The molecular formula is C16H40N4O2. The van der Waals surface area contributed by atoms with Gasteiger partial charge in [-0.15, -0.1) is 0 Å². The van der Waals surface area contributed by atoms with Crippen LogP contribution < -0.4 is 21.3 Å². The second kappa shape index (κ2) is 10.5. The summed E-state index contributed by atoms with van der Waals surface area (Å²) in [6, 6.07) is 1.08. The summed E-state index contributed by atoms with van der Waals surface area (Å²) < 4.78 is 0. The third kappa shape index (κ3) is 10.5. The largest absolute Gasteiger partial charge is 0.412 e. The minimum atomic E-state index is 0. The van der Waals surface area contributed by atoms with Crippen LogP contribution in [0.1, 0.15) is 54.4 Å². The van der Waals surface area contributed by atoms with Gasteiger partial charge in [0.1, 0.15) is 0 Å². The summed E-state index contributed by atoms with van der Waals surface area (Å²) in [4.78, 5) is 0. The van der Waals surface area contributed by atoms with Crippen LogP contribution in [-0.2, 0) is 0 Å². The van der Waals surface area contributed by atoms with Crippen LogP contribution in [0.2, 0.25) is 0 Å². The van der Waals surface area contributed by atoms with Crippen molar-refractivity contribution < 1.29 is 11.0 Å². The van der Waals surface area contributed by atoms with Gasteiger partial charge in [0.25, 0.3) is 0 Å². The van der Waals surface area contributed by atoms with Gasteiger partial charge >= 0.3 is 0 Å². The van der Waals surface area contributed by atoms with Crippen LogP contribution in [0.5, 0.6) is 0 Å². The fourth-order valence-electron chi connectivity index (χ4n) is 3.26. The topological polar surface area (TPSA) is 111 Å². The van der Waals surface area contributed by atoms with Gasteiger partial charge in [-0.2, -0.15) is 0 Å². The van der Waals surface area contributed by atoms with Gasteiger partial charge in [0.15, 0.2) is 0 Å². The molecule has 22 heavy (non-hydrogen) atoms. The van der Waals surface area contributed by atoms with Crippen LogP contribution in [0.15, 0.2) is 0 Å². The molecule has 0 aliphatic carbocycles. The molecule has 1 rings (SSSR count). The van der Waals surface area contributed by atoms with Crippen LogP contribution >= 0.6 is 0 Å². The highest BCUT2D eigenvalue weighted by molar-refractivity contribution is 4.86. The lowest BCUT2D eigenvalue weighted by molar-refractivity contribution is 0.284. The molecule has 1 aliphatic heterocycles. The van der Waals surface area contributed by atoms with Gasteiger partial charge in [-0.1, -0.05) is 0 Å². The predicted octanol–water partition coefficient (Wildman–Crippen LogP) is -0.177. The van der Waals surface area contributed by atoms with E-state index < -0.39 is 0 Å². The van der Waals surface area contributed by atoms with E-state index in [1.807, 2.05) is 0 Å². The summed E-state index contributed by atoms with van der Waals surface area (Å²) >= 11 is 0. The summed E-state index contributed by atoms with van der Waals surface area (Å²) in [5.74, 6) is 0. The molecule has 6 nitrogen and oxygen atoms in total. The van der Waals surface area contributed by atoms with Gasteiger partial charge in [0.05, 0.1) is 0 Å². The van der Waals surface area contributed by atoms with Crippen molar-refractivity contribution in [1.29, 1.82) is 0 Å². The molecule has 1 saturated heterocycles. The van der Waals surface area contributed by atoms with Gasteiger partial charge in [-0.05, 0) is 54.4 Å². The van der Waals surface area contributed by atoms with Gasteiger partial charge in [-0.25, -0.2) is 0 Å². The lowest BCUT2D eigenvalue weighted by Gasteiger charge is -2.33. The van der Waals surface area contributed by atoms with E-state index in [1.54, 1.807) is 0 Å². The molecular weight excluding hydrogens is 280 g/mol. The zero-order chi connectivity index (χ0) is 15.2. The van der Waals surface area contributed by atoms with E-state index in [-0.39, 0.29) is 22.0 Å². The zero-order valence-electron chi connectivity index (χ0n) is 15.4. The molecule has 2 unspecified atom stereocenters. The Morgan fingerprint density at radius 3 is 1.27 bits per heavy atom. The van der Waals surface area contributed by atoms with Crippen molar-refractivity contribution in [1.82, 2.24) is 21.3 Å².